The number of amides is 1. The van der Waals surface area contributed by atoms with Gasteiger partial charge in [0.25, 0.3) is 5.91 Å². The zero-order valence-corrected chi connectivity index (χ0v) is 12.4. The summed E-state index contributed by atoms with van der Waals surface area (Å²) in [7, 11) is 0. The maximum atomic E-state index is 12.1. The number of thioether (sulfide) groups is 1. The Kier molecular flexibility index (Phi) is 4.25. The molecule has 0 spiro atoms. The Labute approximate surface area is 121 Å². The Morgan fingerprint density at radius 2 is 2.25 bits per heavy atom. The van der Waals surface area contributed by atoms with E-state index in [2.05, 4.69) is 10.3 Å². The molecule has 1 aromatic heterocycles. The van der Waals surface area contributed by atoms with Gasteiger partial charge >= 0.3 is 0 Å². The van der Waals surface area contributed by atoms with Gasteiger partial charge in [-0.05, 0) is 37.4 Å². The summed E-state index contributed by atoms with van der Waals surface area (Å²) in [6.45, 7) is 1.92. The van der Waals surface area contributed by atoms with Crippen molar-refractivity contribution in [1.82, 2.24) is 10.3 Å². The van der Waals surface area contributed by atoms with Crippen LogP contribution in [0.25, 0.3) is 10.9 Å². The monoisotopic (exact) mass is 293 g/mol. The fourth-order valence-corrected chi connectivity index (χ4v) is 2.73. The summed E-state index contributed by atoms with van der Waals surface area (Å²) in [5.74, 6) is 0.331. The smallest absolute Gasteiger partial charge is 0.267 e. The third-order valence-corrected chi connectivity index (χ3v) is 3.89. The van der Waals surface area contributed by atoms with Crippen molar-refractivity contribution in [3.63, 3.8) is 0 Å². The first-order chi connectivity index (χ1) is 9.41. The van der Waals surface area contributed by atoms with Crippen molar-refractivity contribution in [3.05, 3.63) is 30.0 Å². The third-order valence-electron chi connectivity index (χ3n) is 2.97. The van der Waals surface area contributed by atoms with E-state index in [-0.39, 0.29) is 12.5 Å². The molecular formula is C14H19N3O2S. The number of anilines is 1. The van der Waals surface area contributed by atoms with E-state index in [1.165, 1.54) is 11.8 Å². The SMILES string of the molecule is CSCC(C)(O)CNC(=O)c1cc2cc(N)ccc2[nH]1. The van der Waals surface area contributed by atoms with E-state index in [0.717, 1.165) is 10.9 Å². The van der Waals surface area contributed by atoms with Crippen molar-refractivity contribution in [1.29, 1.82) is 0 Å². The summed E-state index contributed by atoms with van der Waals surface area (Å²) in [5, 5.41) is 13.7. The number of nitrogens with one attached hydrogen (secondary N) is 2. The topological polar surface area (TPSA) is 91.1 Å². The van der Waals surface area contributed by atoms with Crippen molar-refractivity contribution < 1.29 is 9.90 Å². The Morgan fingerprint density at radius 1 is 1.50 bits per heavy atom. The van der Waals surface area contributed by atoms with Gasteiger partial charge in [-0.2, -0.15) is 11.8 Å². The first kappa shape index (κ1) is 14.7. The van der Waals surface area contributed by atoms with Crippen molar-refractivity contribution in [2.75, 3.05) is 24.3 Å². The van der Waals surface area contributed by atoms with E-state index in [4.69, 9.17) is 5.73 Å². The molecule has 2 aromatic rings. The van der Waals surface area contributed by atoms with Crippen LogP contribution in [0.15, 0.2) is 24.3 Å². The highest BCUT2D eigenvalue weighted by molar-refractivity contribution is 7.98. The van der Waals surface area contributed by atoms with Crippen LogP contribution in [-0.4, -0.2) is 40.2 Å². The Balaban J connectivity index is 2.08. The molecule has 0 aliphatic rings. The van der Waals surface area contributed by atoms with Crippen LogP contribution in [-0.2, 0) is 0 Å². The number of carbonyl (C=O) groups is 1. The molecule has 0 radical (unpaired) electrons. The standard InChI is InChI=1S/C14H19N3O2S/c1-14(19,8-20-2)7-16-13(18)12-6-9-5-10(15)3-4-11(9)17-12/h3-6,17,19H,7-8,15H2,1-2H3,(H,16,18). The molecule has 0 fully saturated rings. The lowest BCUT2D eigenvalue weighted by Gasteiger charge is -2.22. The van der Waals surface area contributed by atoms with E-state index in [9.17, 15) is 9.90 Å². The lowest BCUT2D eigenvalue weighted by molar-refractivity contribution is 0.0723. The molecular weight excluding hydrogens is 274 g/mol. The molecule has 108 valence electrons. The normalized spacial score (nSPS) is 14.2. The van der Waals surface area contributed by atoms with Gasteiger partial charge in [-0.25, -0.2) is 0 Å². The number of rotatable bonds is 5. The zero-order valence-electron chi connectivity index (χ0n) is 11.6. The van der Waals surface area contributed by atoms with Gasteiger partial charge < -0.3 is 21.1 Å². The maximum absolute atomic E-state index is 12.1. The van der Waals surface area contributed by atoms with Gasteiger partial charge in [-0.1, -0.05) is 0 Å². The molecule has 0 aliphatic carbocycles. The minimum Gasteiger partial charge on any atom is -0.399 e. The van der Waals surface area contributed by atoms with Crippen LogP contribution in [0.5, 0.6) is 0 Å². The van der Waals surface area contributed by atoms with E-state index >= 15 is 0 Å². The molecule has 20 heavy (non-hydrogen) atoms. The molecule has 1 aromatic carbocycles. The van der Waals surface area contributed by atoms with E-state index in [0.29, 0.717) is 17.1 Å². The number of aliphatic hydroxyl groups is 1. The predicted molar refractivity (Wildman–Crippen MR) is 84.1 cm³/mol. The van der Waals surface area contributed by atoms with Crippen molar-refractivity contribution in [2.45, 2.75) is 12.5 Å². The fraction of sp³-hybridized carbons (Fsp3) is 0.357. The van der Waals surface area contributed by atoms with Gasteiger partial charge in [0.2, 0.25) is 0 Å². The predicted octanol–water partition coefficient (Wildman–Crippen LogP) is 1.59. The number of hydrogen-bond donors (Lipinski definition) is 4. The average Bonchev–Trinajstić information content (AvgIpc) is 2.79. The highest BCUT2D eigenvalue weighted by atomic mass is 32.2. The van der Waals surface area contributed by atoms with E-state index < -0.39 is 5.60 Å². The number of carbonyl (C=O) groups excluding carboxylic acids is 1. The second-order valence-corrected chi connectivity index (χ2v) is 6.01. The maximum Gasteiger partial charge on any atom is 0.267 e. The first-order valence-corrected chi connectivity index (χ1v) is 7.68. The molecule has 5 nitrogen and oxygen atoms in total. The van der Waals surface area contributed by atoms with Crippen LogP contribution < -0.4 is 11.1 Å². The van der Waals surface area contributed by atoms with Crippen LogP contribution in [0.2, 0.25) is 0 Å². The summed E-state index contributed by atoms with van der Waals surface area (Å²) in [6, 6.07) is 7.19. The van der Waals surface area contributed by atoms with Gasteiger partial charge in [-0.15, -0.1) is 0 Å². The molecule has 0 bridgehead atoms. The lowest BCUT2D eigenvalue weighted by Crippen LogP contribution is -2.42. The largest absolute Gasteiger partial charge is 0.399 e. The van der Waals surface area contributed by atoms with Gasteiger partial charge in [0.1, 0.15) is 5.69 Å². The molecule has 1 heterocycles. The molecule has 1 amide bonds. The van der Waals surface area contributed by atoms with Crippen LogP contribution in [0.3, 0.4) is 0 Å². The number of benzene rings is 1. The summed E-state index contributed by atoms with van der Waals surface area (Å²) < 4.78 is 0. The number of nitrogen functional groups attached to an aromatic ring is 1. The van der Waals surface area contributed by atoms with Crippen LogP contribution >= 0.6 is 11.8 Å². The number of aromatic nitrogens is 1. The second kappa shape index (κ2) is 5.76. The Hall–Kier alpha value is -1.66. The molecule has 0 saturated heterocycles. The number of aromatic amines is 1. The van der Waals surface area contributed by atoms with Crippen molar-refractivity contribution >= 4 is 34.3 Å². The summed E-state index contributed by atoms with van der Waals surface area (Å²) >= 11 is 1.54. The minimum atomic E-state index is -0.911. The van der Waals surface area contributed by atoms with Crippen molar-refractivity contribution in [3.8, 4) is 0 Å². The molecule has 5 N–H and O–H groups in total. The van der Waals surface area contributed by atoms with Gasteiger partial charge in [0.15, 0.2) is 0 Å². The highest BCUT2D eigenvalue weighted by Crippen LogP contribution is 2.18. The molecule has 6 heteroatoms. The van der Waals surface area contributed by atoms with Gasteiger partial charge in [0.05, 0.1) is 5.60 Å². The van der Waals surface area contributed by atoms with Crippen molar-refractivity contribution in [2.24, 2.45) is 0 Å². The Bertz CT molecular complexity index is 622. The number of nitrogens with two attached hydrogens (primary N) is 1. The molecule has 1 unspecified atom stereocenters. The average molecular weight is 293 g/mol. The fourth-order valence-electron chi connectivity index (χ4n) is 2.00. The van der Waals surface area contributed by atoms with Gasteiger partial charge in [0, 0.05) is 28.9 Å². The number of H-pyrrole nitrogens is 1. The van der Waals surface area contributed by atoms with E-state index in [1.807, 2.05) is 18.4 Å². The molecule has 1 atom stereocenters. The Morgan fingerprint density at radius 3 is 2.95 bits per heavy atom. The zero-order chi connectivity index (χ0) is 14.8. The van der Waals surface area contributed by atoms with E-state index in [1.54, 1.807) is 19.1 Å². The van der Waals surface area contributed by atoms with Crippen LogP contribution in [0.1, 0.15) is 17.4 Å². The summed E-state index contributed by atoms with van der Waals surface area (Å²) in [6.07, 6.45) is 1.92. The van der Waals surface area contributed by atoms with Crippen LogP contribution in [0, 0.1) is 0 Å². The number of hydrogen-bond acceptors (Lipinski definition) is 4. The summed E-state index contributed by atoms with van der Waals surface area (Å²) in [4.78, 5) is 15.1. The minimum absolute atomic E-state index is 0.212. The lowest BCUT2D eigenvalue weighted by atomic mass is 10.1. The molecule has 2 rings (SSSR count). The molecule has 0 saturated carbocycles. The highest BCUT2D eigenvalue weighted by Gasteiger charge is 2.21. The first-order valence-electron chi connectivity index (χ1n) is 6.29. The third kappa shape index (κ3) is 3.46. The quantitative estimate of drug-likeness (QED) is 0.630. The second-order valence-electron chi connectivity index (χ2n) is 5.14. The van der Waals surface area contributed by atoms with Crippen LogP contribution in [0.4, 0.5) is 5.69 Å². The molecule has 0 aliphatic heterocycles. The summed E-state index contributed by atoms with van der Waals surface area (Å²) in [5.41, 5.74) is 6.78. The number of fused-ring (bicyclic) bond motifs is 1. The van der Waals surface area contributed by atoms with Gasteiger partial charge in [-0.3, -0.25) is 4.79 Å².